The Morgan fingerprint density at radius 1 is 1.04 bits per heavy atom. The topological polar surface area (TPSA) is 78.5 Å². The highest BCUT2D eigenvalue weighted by Crippen LogP contribution is 2.12. The maximum atomic E-state index is 12.5. The summed E-state index contributed by atoms with van der Waals surface area (Å²) in [5, 5.41) is 5.53. The van der Waals surface area contributed by atoms with Crippen molar-refractivity contribution in [1.29, 1.82) is 0 Å². The van der Waals surface area contributed by atoms with Crippen LogP contribution in [0.1, 0.15) is 24.5 Å². The Balaban J connectivity index is 1.47. The molecule has 0 aromatic heterocycles. The fourth-order valence-corrected chi connectivity index (χ4v) is 3.28. The number of rotatable bonds is 8. The highest BCUT2D eigenvalue weighted by molar-refractivity contribution is 6.06. The zero-order valence-electron chi connectivity index (χ0n) is 15.9. The fraction of sp³-hybridized carbons (Fsp3) is 0.318. The first-order valence-electron chi connectivity index (χ1n) is 9.52. The van der Waals surface area contributed by atoms with Gasteiger partial charge in [-0.3, -0.25) is 14.5 Å². The molecule has 2 atom stereocenters. The number of hydrogen-bond acceptors (Lipinski definition) is 3. The van der Waals surface area contributed by atoms with E-state index >= 15 is 0 Å². The summed E-state index contributed by atoms with van der Waals surface area (Å²) in [4.78, 5) is 37.9. The van der Waals surface area contributed by atoms with Gasteiger partial charge in [0, 0.05) is 12.5 Å². The minimum Gasteiger partial charge on any atom is -0.352 e. The molecule has 0 aliphatic carbocycles. The Bertz CT molecular complexity index is 823. The van der Waals surface area contributed by atoms with Gasteiger partial charge in [0.2, 0.25) is 5.91 Å². The smallest absolute Gasteiger partial charge is 0.325 e. The molecule has 2 aromatic rings. The lowest BCUT2D eigenvalue weighted by Crippen LogP contribution is -2.44. The monoisotopic (exact) mass is 379 g/mol. The van der Waals surface area contributed by atoms with Crippen molar-refractivity contribution < 1.29 is 14.4 Å². The molecule has 2 aromatic carbocycles. The minimum atomic E-state index is -0.627. The van der Waals surface area contributed by atoms with Crippen molar-refractivity contribution >= 4 is 17.8 Å². The maximum Gasteiger partial charge on any atom is 0.325 e. The molecule has 3 rings (SSSR count). The summed E-state index contributed by atoms with van der Waals surface area (Å²) in [5.41, 5.74) is 2.17. The van der Waals surface area contributed by atoms with Crippen molar-refractivity contribution in [2.45, 2.75) is 38.3 Å². The predicted octanol–water partition coefficient (Wildman–Crippen LogP) is 2.29. The Morgan fingerprint density at radius 2 is 1.64 bits per heavy atom. The van der Waals surface area contributed by atoms with Gasteiger partial charge in [0.15, 0.2) is 0 Å². The van der Waals surface area contributed by atoms with Crippen molar-refractivity contribution in [3.05, 3.63) is 71.8 Å². The summed E-state index contributed by atoms with van der Waals surface area (Å²) in [6.07, 6.45) is 2.05. The van der Waals surface area contributed by atoms with Crippen LogP contribution in [0, 0.1) is 0 Å². The number of nitrogens with zero attached hydrogens (tertiary/aromatic N) is 1. The third-order valence-corrected chi connectivity index (χ3v) is 4.81. The molecule has 1 aliphatic heterocycles. The molecule has 0 unspecified atom stereocenters. The van der Waals surface area contributed by atoms with Gasteiger partial charge >= 0.3 is 6.03 Å². The van der Waals surface area contributed by atoms with Crippen molar-refractivity contribution in [3.63, 3.8) is 0 Å². The summed E-state index contributed by atoms with van der Waals surface area (Å²) >= 11 is 0. The highest BCUT2D eigenvalue weighted by atomic mass is 16.2. The van der Waals surface area contributed by atoms with E-state index in [4.69, 9.17) is 0 Å². The number of benzene rings is 2. The largest absolute Gasteiger partial charge is 0.352 e. The van der Waals surface area contributed by atoms with E-state index in [1.54, 1.807) is 0 Å². The second-order valence-corrected chi connectivity index (χ2v) is 7.11. The molecule has 1 saturated heterocycles. The van der Waals surface area contributed by atoms with Crippen LogP contribution in [-0.2, 0) is 22.4 Å². The van der Waals surface area contributed by atoms with E-state index in [1.807, 2.05) is 55.5 Å². The molecule has 0 saturated carbocycles. The van der Waals surface area contributed by atoms with E-state index in [9.17, 15) is 14.4 Å². The number of imide groups is 1. The van der Waals surface area contributed by atoms with Crippen LogP contribution in [0.2, 0.25) is 0 Å². The van der Waals surface area contributed by atoms with Gasteiger partial charge in [0.25, 0.3) is 5.91 Å². The second-order valence-electron chi connectivity index (χ2n) is 7.11. The molecular weight excluding hydrogens is 354 g/mol. The summed E-state index contributed by atoms with van der Waals surface area (Å²) in [6, 6.07) is 18.3. The third-order valence-electron chi connectivity index (χ3n) is 4.81. The molecule has 146 valence electrons. The number of aryl methyl sites for hydroxylation is 1. The van der Waals surface area contributed by atoms with E-state index in [0.29, 0.717) is 6.42 Å². The van der Waals surface area contributed by atoms with Crippen LogP contribution in [0.15, 0.2) is 60.7 Å². The molecular formula is C22H25N3O3. The average Bonchev–Trinajstić information content (AvgIpc) is 2.95. The lowest BCUT2D eigenvalue weighted by molar-refractivity contribution is -0.132. The number of hydrogen-bond donors (Lipinski definition) is 2. The third kappa shape index (κ3) is 5.19. The quantitative estimate of drug-likeness (QED) is 0.691. The first-order valence-corrected chi connectivity index (χ1v) is 9.52. The Hall–Kier alpha value is -3.15. The van der Waals surface area contributed by atoms with Gasteiger partial charge in [-0.15, -0.1) is 0 Å². The molecule has 4 amide bonds. The summed E-state index contributed by atoms with van der Waals surface area (Å²) < 4.78 is 0. The van der Waals surface area contributed by atoms with Crippen LogP contribution in [-0.4, -0.2) is 41.4 Å². The Kier molecular flexibility index (Phi) is 6.42. The maximum absolute atomic E-state index is 12.5. The van der Waals surface area contributed by atoms with E-state index in [2.05, 4.69) is 22.8 Å². The van der Waals surface area contributed by atoms with Gasteiger partial charge in [-0.1, -0.05) is 60.7 Å². The average molecular weight is 379 g/mol. The standard InChI is InChI=1S/C22H25N3O3/c1-16(12-13-17-8-4-2-5-9-17)23-20(26)15-25-21(27)19(24-22(25)28)14-18-10-6-3-7-11-18/h2-11,16,19H,12-15H2,1H3,(H,23,26)(H,24,28)/t16-,19+/m0/s1. The number of carbonyl (C=O) groups is 3. The first-order chi connectivity index (χ1) is 13.5. The van der Waals surface area contributed by atoms with Crippen LogP contribution < -0.4 is 10.6 Å². The van der Waals surface area contributed by atoms with E-state index in [1.165, 1.54) is 5.56 Å². The van der Waals surface area contributed by atoms with Crippen LogP contribution in [0.25, 0.3) is 0 Å². The molecule has 2 N–H and O–H groups in total. The van der Waals surface area contributed by atoms with Crippen LogP contribution >= 0.6 is 0 Å². The number of nitrogens with one attached hydrogen (secondary N) is 2. The summed E-state index contributed by atoms with van der Waals surface area (Å²) in [7, 11) is 0. The van der Waals surface area contributed by atoms with Crippen molar-refractivity contribution in [1.82, 2.24) is 15.5 Å². The number of carbonyl (C=O) groups excluding carboxylic acids is 3. The lowest BCUT2D eigenvalue weighted by Gasteiger charge is -2.17. The zero-order chi connectivity index (χ0) is 19.9. The molecule has 0 bridgehead atoms. The van der Waals surface area contributed by atoms with Gasteiger partial charge in [-0.2, -0.15) is 0 Å². The molecule has 1 aliphatic rings. The highest BCUT2D eigenvalue weighted by Gasteiger charge is 2.38. The van der Waals surface area contributed by atoms with Crippen molar-refractivity contribution in [2.24, 2.45) is 0 Å². The fourth-order valence-electron chi connectivity index (χ4n) is 3.28. The lowest BCUT2D eigenvalue weighted by atomic mass is 10.1. The zero-order valence-corrected chi connectivity index (χ0v) is 15.9. The molecule has 6 nitrogen and oxygen atoms in total. The normalized spacial score (nSPS) is 17.3. The molecule has 0 spiro atoms. The minimum absolute atomic E-state index is 0.0476. The van der Waals surface area contributed by atoms with Crippen LogP contribution in [0.5, 0.6) is 0 Å². The summed E-state index contributed by atoms with van der Waals surface area (Å²) in [5.74, 6) is -0.689. The van der Waals surface area contributed by atoms with Gasteiger partial charge in [-0.05, 0) is 30.9 Å². The van der Waals surface area contributed by atoms with Crippen LogP contribution in [0.3, 0.4) is 0 Å². The van der Waals surface area contributed by atoms with Gasteiger partial charge in [0.1, 0.15) is 12.6 Å². The SMILES string of the molecule is C[C@@H](CCc1ccccc1)NC(=O)CN1C(=O)N[C@H](Cc2ccccc2)C1=O. The van der Waals surface area contributed by atoms with Crippen molar-refractivity contribution in [2.75, 3.05) is 6.54 Å². The molecule has 1 heterocycles. The molecule has 0 radical (unpaired) electrons. The van der Waals surface area contributed by atoms with Gasteiger partial charge < -0.3 is 10.6 Å². The van der Waals surface area contributed by atoms with E-state index in [0.717, 1.165) is 23.3 Å². The van der Waals surface area contributed by atoms with E-state index in [-0.39, 0.29) is 24.4 Å². The van der Waals surface area contributed by atoms with Gasteiger partial charge in [-0.25, -0.2) is 4.79 Å². The first kappa shape index (κ1) is 19.6. The van der Waals surface area contributed by atoms with Gasteiger partial charge in [0.05, 0.1) is 0 Å². The molecule has 28 heavy (non-hydrogen) atoms. The van der Waals surface area contributed by atoms with Crippen molar-refractivity contribution in [3.8, 4) is 0 Å². The van der Waals surface area contributed by atoms with Crippen LogP contribution in [0.4, 0.5) is 4.79 Å². The number of urea groups is 1. The Morgan fingerprint density at radius 3 is 2.29 bits per heavy atom. The number of amides is 4. The Labute approximate surface area is 164 Å². The molecule has 1 fully saturated rings. The predicted molar refractivity (Wildman–Crippen MR) is 107 cm³/mol. The summed E-state index contributed by atoms with van der Waals surface area (Å²) in [6.45, 7) is 1.66. The second kappa shape index (κ2) is 9.17. The molecule has 6 heteroatoms. The van der Waals surface area contributed by atoms with E-state index < -0.39 is 12.1 Å².